The fraction of sp³-hybridized carbons (Fsp3) is 0.0233. The Balaban J connectivity index is 1.12. The van der Waals surface area contributed by atoms with E-state index in [-0.39, 0.29) is 0 Å². The second-order valence-electron chi connectivity index (χ2n) is 11.8. The van der Waals surface area contributed by atoms with Gasteiger partial charge >= 0.3 is 0 Å². The van der Waals surface area contributed by atoms with Crippen LogP contribution < -0.4 is 0 Å². The van der Waals surface area contributed by atoms with E-state index in [9.17, 15) is 0 Å². The van der Waals surface area contributed by atoms with Crippen LogP contribution in [0.1, 0.15) is 11.1 Å². The van der Waals surface area contributed by atoms with E-state index in [1.54, 1.807) is 0 Å². The highest BCUT2D eigenvalue weighted by atomic mass is 14.7. The van der Waals surface area contributed by atoms with Crippen molar-refractivity contribution < 1.29 is 0 Å². The quantitative estimate of drug-likeness (QED) is 0.196. The molecular formula is C43H28N2. The van der Waals surface area contributed by atoms with Crippen molar-refractivity contribution in [2.45, 2.75) is 6.42 Å². The first-order valence-electron chi connectivity index (χ1n) is 15.5. The Labute approximate surface area is 262 Å². The van der Waals surface area contributed by atoms with Gasteiger partial charge in [-0.3, -0.25) is 0 Å². The molecule has 0 aliphatic heterocycles. The van der Waals surface area contributed by atoms with Crippen molar-refractivity contribution >= 4 is 38.7 Å². The molecule has 6 aromatic carbocycles. The molecule has 2 aromatic heterocycles. The Morgan fingerprint density at radius 3 is 1.98 bits per heavy atom. The van der Waals surface area contributed by atoms with Crippen molar-refractivity contribution in [1.82, 2.24) is 9.97 Å². The van der Waals surface area contributed by atoms with Gasteiger partial charge in [0.15, 0.2) is 0 Å². The van der Waals surface area contributed by atoms with Crippen LogP contribution in [0, 0.1) is 0 Å². The fourth-order valence-corrected chi connectivity index (χ4v) is 6.78. The van der Waals surface area contributed by atoms with E-state index in [2.05, 4.69) is 152 Å². The minimum absolute atomic E-state index is 0.955. The number of nitrogens with zero attached hydrogens (tertiary/aromatic N) is 2. The van der Waals surface area contributed by atoms with Gasteiger partial charge in [-0.05, 0) is 74.8 Å². The number of hydrogen-bond acceptors (Lipinski definition) is 2. The number of aromatic nitrogens is 2. The second kappa shape index (κ2) is 10.4. The van der Waals surface area contributed by atoms with Gasteiger partial charge in [-0.15, -0.1) is 0 Å². The summed E-state index contributed by atoms with van der Waals surface area (Å²) in [5.74, 6) is 0. The first-order valence-corrected chi connectivity index (χ1v) is 15.5. The smallest absolute Gasteiger partial charge is 0.0750 e. The Hall–Kier alpha value is -5.86. The minimum atomic E-state index is 0.955. The predicted octanol–water partition coefficient (Wildman–Crippen LogP) is 11.2. The highest BCUT2D eigenvalue weighted by Crippen LogP contribution is 2.38. The topological polar surface area (TPSA) is 25.8 Å². The number of benzene rings is 6. The molecule has 0 unspecified atom stereocenters. The Bertz CT molecular complexity index is 2420. The van der Waals surface area contributed by atoms with Crippen molar-refractivity contribution in [3.8, 4) is 44.8 Å². The van der Waals surface area contributed by atoms with E-state index in [1.807, 2.05) is 6.07 Å². The fourth-order valence-electron chi connectivity index (χ4n) is 6.78. The van der Waals surface area contributed by atoms with Crippen LogP contribution in [0.2, 0.25) is 0 Å². The van der Waals surface area contributed by atoms with Crippen molar-refractivity contribution in [3.63, 3.8) is 0 Å². The molecule has 0 saturated heterocycles. The molecule has 9 rings (SSSR count). The summed E-state index contributed by atoms with van der Waals surface area (Å²) in [6.45, 7) is 0. The van der Waals surface area contributed by atoms with Crippen LogP contribution in [0.25, 0.3) is 83.4 Å². The lowest BCUT2D eigenvalue weighted by Crippen LogP contribution is -1.92. The zero-order valence-electron chi connectivity index (χ0n) is 24.6. The third kappa shape index (κ3) is 4.42. The van der Waals surface area contributed by atoms with Crippen LogP contribution in [0.3, 0.4) is 0 Å². The standard InChI is InChI=1S/C43H28N2/c1-3-8-29(9-4-1)38-27-41(31-10-5-2-6-11-31)44-40-25-22-35-26-34(20-23-36(35)42(38)40)28-14-17-32(18-15-28)39-24-21-33-19-16-30-12-7-13-37(30)43(33)45-39/h1-12,14-27H,13H2. The van der Waals surface area contributed by atoms with Crippen molar-refractivity contribution in [1.29, 1.82) is 0 Å². The zero-order chi connectivity index (χ0) is 29.7. The number of hydrogen-bond donors (Lipinski definition) is 0. The molecule has 2 heterocycles. The molecule has 210 valence electrons. The summed E-state index contributed by atoms with van der Waals surface area (Å²) in [6, 6.07) is 52.0. The van der Waals surface area contributed by atoms with Crippen LogP contribution >= 0.6 is 0 Å². The monoisotopic (exact) mass is 572 g/mol. The molecule has 0 N–H and O–H groups in total. The van der Waals surface area contributed by atoms with Crippen LogP contribution in [0.4, 0.5) is 0 Å². The molecule has 0 atom stereocenters. The van der Waals surface area contributed by atoms with Gasteiger partial charge in [0, 0.05) is 21.9 Å². The molecule has 8 aromatic rings. The maximum Gasteiger partial charge on any atom is 0.0750 e. The minimum Gasteiger partial charge on any atom is -0.248 e. The van der Waals surface area contributed by atoms with Gasteiger partial charge in [0.2, 0.25) is 0 Å². The summed E-state index contributed by atoms with van der Waals surface area (Å²) >= 11 is 0. The number of pyridine rings is 2. The van der Waals surface area contributed by atoms with E-state index in [4.69, 9.17) is 9.97 Å². The molecular weight excluding hydrogens is 544 g/mol. The van der Waals surface area contributed by atoms with Crippen molar-refractivity contribution in [2.75, 3.05) is 0 Å². The summed E-state index contributed by atoms with van der Waals surface area (Å²) in [5.41, 5.74) is 13.8. The Kier molecular flexibility index (Phi) is 5.92. The normalized spacial score (nSPS) is 12.3. The second-order valence-corrected chi connectivity index (χ2v) is 11.8. The lowest BCUT2D eigenvalue weighted by Gasteiger charge is -2.14. The highest BCUT2D eigenvalue weighted by molar-refractivity contribution is 6.14. The lowest BCUT2D eigenvalue weighted by molar-refractivity contribution is 1.29. The van der Waals surface area contributed by atoms with E-state index in [0.717, 1.165) is 40.0 Å². The predicted molar refractivity (Wildman–Crippen MR) is 189 cm³/mol. The summed E-state index contributed by atoms with van der Waals surface area (Å²) in [6.07, 6.45) is 5.38. The maximum absolute atomic E-state index is 5.13. The van der Waals surface area contributed by atoms with Gasteiger partial charge in [0.25, 0.3) is 0 Å². The molecule has 0 spiro atoms. The largest absolute Gasteiger partial charge is 0.248 e. The van der Waals surface area contributed by atoms with E-state index < -0.39 is 0 Å². The summed E-state index contributed by atoms with van der Waals surface area (Å²) in [7, 11) is 0. The highest BCUT2D eigenvalue weighted by Gasteiger charge is 2.14. The van der Waals surface area contributed by atoms with Gasteiger partial charge < -0.3 is 0 Å². The molecule has 45 heavy (non-hydrogen) atoms. The van der Waals surface area contributed by atoms with Crippen LogP contribution in [-0.2, 0) is 6.42 Å². The van der Waals surface area contributed by atoms with E-state index in [0.29, 0.717) is 0 Å². The van der Waals surface area contributed by atoms with Gasteiger partial charge in [-0.1, -0.05) is 133 Å². The molecule has 0 bridgehead atoms. The Morgan fingerprint density at radius 1 is 0.467 bits per heavy atom. The van der Waals surface area contributed by atoms with Crippen LogP contribution in [0.15, 0.2) is 152 Å². The Morgan fingerprint density at radius 2 is 1.16 bits per heavy atom. The van der Waals surface area contributed by atoms with Crippen molar-refractivity contribution in [3.05, 3.63) is 163 Å². The molecule has 0 fully saturated rings. The average Bonchev–Trinajstić information content (AvgIpc) is 3.61. The molecule has 0 saturated carbocycles. The van der Waals surface area contributed by atoms with E-state index in [1.165, 1.54) is 54.9 Å². The van der Waals surface area contributed by atoms with Crippen LogP contribution in [-0.4, -0.2) is 9.97 Å². The third-order valence-corrected chi connectivity index (χ3v) is 9.08. The SMILES string of the molecule is C1=Cc2ccc3ccc(-c4ccc(-c5ccc6c(ccc7nc(-c8ccccc8)cc(-c8ccccc8)c76)c5)cc4)nc3c2C1. The first kappa shape index (κ1) is 25.6. The number of fused-ring (bicyclic) bond motifs is 6. The van der Waals surface area contributed by atoms with Gasteiger partial charge in [0.1, 0.15) is 0 Å². The number of rotatable bonds is 4. The van der Waals surface area contributed by atoms with Crippen molar-refractivity contribution in [2.24, 2.45) is 0 Å². The van der Waals surface area contributed by atoms with Gasteiger partial charge in [-0.2, -0.15) is 0 Å². The summed E-state index contributed by atoms with van der Waals surface area (Å²) in [4.78, 5) is 10.2. The molecule has 2 heteroatoms. The maximum atomic E-state index is 5.13. The van der Waals surface area contributed by atoms with Gasteiger partial charge in [0.05, 0.1) is 22.4 Å². The first-order chi connectivity index (χ1) is 22.3. The number of allylic oxidation sites excluding steroid dienone is 1. The summed E-state index contributed by atoms with van der Waals surface area (Å²) < 4.78 is 0. The third-order valence-electron chi connectivity index (χ3n) is 9.08. The van der Waals surface area contributed by atoms with Crippen LogP contribution in [0.5, 0.6) is 0 Å². The average molecular weight is 573 g/mol. The summed E-state index contributed by atoms with van der Waals surface area (Å²) in [5, 5.41) is 4.79. The molecule has 1 aliphatic carbocycles. The molecule has 0 radical (unpaired) electrons. The lowest BCUT2D eigenvalue weighted by atomic mass is 9.93. The van der Waals surface area contributed by atoms with Gasteiger partial charge in [-0.25, -0.2) is 9.97 Å². The molecule has 0 amide bonds. The van der Waals surface area contributed by atoms with E-state index >= 15 is 0 Å². The molecule has 2 nitrogen and oxygen atoms in total. The molecule has 1 aliphatic rings. The zero-order valence-corrected chi connectivity index (χ0v) is 24.6.